The molecule has 0 aliphatic carbocycles. The first-order valence-corrected chi connectivity index (χ1v) is 15.7. The van der Waals surface area contributed by atoms with Crippen LogP contribution < -0.4 is 26.8 Å². The number of nitrogens with two attached hydrogens (primary N) is 2. The van der Waals surface area contributed by atoms with Crippen LogP contribution in [-0.4, -0.2) is 101 Å². The molecule has 4 rings (SSSR count). The largest absolute Gasteiger partial charge is 0.489 e. The van der Waals surface area contributed by atoms with Gasteiger partial charge in [-0.3, -0.25) is 19.1 Å². The number of hydroxylamine groups is 2. The molecule has 0 bridgehead atoms. The third kappa shape index (κ3) is 8.42. The number of oxime groups is 1. The standard InChI is InChI=1S/C25H32N8O10S2/c1-25(2)19(22(35)33(25)43-45(38,39)40)31-21(34)18(16-12-44-24(27)30-16)32-42-17(23(36)37)11-41-15-5-3-13(4-6-15)20(26)29-14-7-9-28-10-8-14/h3-6,12,14,17,19,28H,7-11H2,1-2H3,(H2,26,29)(H2,27,30)(H,31,34)(H,36,37)(H,38,39,40)/b32-18-/t17-,19+/m0/s1. The highest BCUT2D eigenvalue weighted by atomic mass is 32.3. The molecular weight excluding hydrogens is 636 g/mol. The number of anilines is 1. The first-order valence-electron chi connectivity index (χ1n) is 13.4. The predicted octanol–water partition coefficient (Wildman–Crippen LogP) is -0.724. The molecule has 1 aromatic heterocycles. The van der Waals surface area contributed by atoms with Crippen LogP contribution in [0.2, 0.25) is 0 Å². The van der Waals surface area contributed by atoms with Crippen LogP contribution in [0.5, 0.6) is 5.75 Å². The fraction of sp³-hybridized carbons (Fsp3) is 0.440. The Morgan fingerprint density at radius 3 is 2.49 bits per heavy atom. The highest BCUT2D eigenvalue weighted by Gasteiger charge is 2.58. The van der Waals surface area contributed by atoms with Gasteiger partial charge in [-0.15, -0.1) is 15.6 Å². The number of rotatable bonds is 13. The highest BCUT2D eigenvalue weighted by molar-refractivity contribution is 7.80. The molecule has 18 nitrogen and oxygen atoms in total. The number of thiazole rings is 1. The van der Waals surface area contributed by atoms with Gasteiger partial charge in [-0.2, -0.15) is 13.5 Å². The van der Waals surface area contributed by atoms with Gasteiger partial charge in [0.15, 0.2) is 10.8 Å². The number of carbonyl (C=O) groups excluding carboxylic acids is 2. The summed E-state index contributed by atoms with van der Waals surface area (Å²) >= 11 is 0.956. The molecule has 0 radical (unpaired) electrons. The van der Waals surface area contributed by atoms with Crippen LogP contribution in [0.3, 0.4) is 0 Å². The van der Waals surface area contributed by atoms with E-state index in [4.69, 9.17) is 25.6 Å². The molecule has 2 atom stereocenters. The van der Waals surface area contributed by atoms with Gasteiger partial charge in [0.25, 0.3) is 17.9 Å². The molecule has 1 aromatic carbocycles. The molecular formula is C25H32N8O10S2. The fourth-order valence-electron chi connectivity index (χ4n) is 4.38. The Kier molecular flexibility index (Phi) is 10.2. The van der Waals surface area contributed by atoms with Crippen LogP contribution >= 0.6 is 11.3 Å². The number of nitrogen functional groups attached to an aromatic ring is 1. The summed E-state index contributed by atoms with van der Waals surface area (Å²) < 4.78 is 40.9. The van der Waals surface area contributed by atoms with Crippen molar-refractivity contribution in [3.8, 4) is 5.75 Å². The number of nitrogens with zero attached hydrogens (tertiary/aromatic N) is 4. The second-order valence-corrected chi connectivity index (χ2v) is 12.4. The number of aromatic nitrogens is 1. The van der Waals surface area contributed by atoms with E-state index in [1.54, 1.807) is 24.3 Å². The average molecular weight is 669 g/mol. The number of hydrogen-bond acceptors (Lipinski definition) is 14. The summed E-state index contributed by atoms with van der Waals surface area (Å²) in [7, 11) is -5.01. The Bertz CT molecular complexity index is 1590. The van der Waals surface area contributed by atoms with Gasteiger partial charge in [-0.05, 0) is 64.0 Å². The zero-order valence-corrected chi connectivity index (χ0v) is 25.7. The number of amidine groups is 1. The van der Waals surface area contributed by atoms with E-state index in [9.17, 15) is 27.9 Å². The molecule has 3 heterocycles. The molecule has 244 valence electrons. The normalized spacial score (nSPS) is 19.8. The number of amides is 2. The zero-order chi connectivity index (χ0) is 32.9. The third-order valence-corrected chi connectivity index (χ3v) is 7.84. The van der Waals surface area contributed by atoms with Crippen molar-refractivity contribution in [1.29, 1.82) is 0 Å². The van der Waals surface area contributed by atoms with Crippen LogP contribution in [0.1, 0.15) is 37.9 Å². The summed E-state index contributed by atoms with van der Waals surface area (Å²) in [5, 5.41) is 20.8. The van der Waals surface area contributed by atoms with Crippen LogP contribution in [0, 0.1) is 0 Å². The van der Waals surface area contributed by atoms with Gasteiger partial charge >= 0.3 is 16.4 Å². The number of benzene rings is 1. The second kappa shape index (κ2) is 13.7. The van der Waals surface area contributed by atoms with Gasteiger partial charge in [0, 0.05) is 10.9 Å². The van der Waals surface area contributed by atoms with E-state index in [1.807, 2.05) is 0 Å². The second-order valence-electron chi connectivity index (χ2n) is 10.5. The Morgan fingerprint density at radius 1 is 1.27 bits per heavy atom. The SMILES string of the molecule is CC1(C)[C@H](NC(=O)/C(=N\O[C@@H](COc2ccc(C(N)=NC3CCNCC3)cc2)C(=O)O)c2csc(N)n2)C(=O)N1OS(=O)(=O)O. The molecule has 2 aliphatic rings. The minimum atomic E-state index is -5.01. The summed E-state index contributed by atoms with van der Waals surface area (Å²) in [6, 6.07) is 5.36. The number of carboxylic acid groups (broad SMARTS) is 1. The molecule has 2 fully saturated rings. The van der Waals surface area contributed by atoms with Gasteiger partial charge in [-0.25, -0.2) is 9.78 Å². The molecule has 2 amide bonds. The Morgan fingerprint density at radius 2 is 1.93 bits per heavy atom. The van der Waals surface area contributed by atoms with Crippen molar-refractivity contribution in [3.05, 3.63) is 40.9 Å². The van der Waals surface area contributed by atoms with Crippen molar-refractivity contribution in [2.24, 2.45) is 15.9 Å². The third-order valence-electron chi connectivity index (χ3n) is 6.83. The molecule has 0 spiro atoms. The number of carbonyl (C=O) groups is 3. The van der Waals surface area contributed by atoms with E-state index >= 15 is 0 Å². The lowest BCUT2D eigenvalue weighted by Crippen LogP contribution is -2.76. The maximum Gasteiger partial charge on any atom is 0.418 e. The molecule has 2 aliphatic heterocycles. The van der Waals surface area contributed by atoms with Crippen LogP contribution in [-0.2, 0) is 33.9 Å². The van der Waals surface area contributed by atoms with Crippen molar-refractivity contribution in [2.45, 2.75) is 50.4 Å². The number of aliphatic carboxylic acids is 1. The van der Waals surface area contributed by atoms with E-state index in [-0.39, 0.29) is 16.9 Å². The van der Waals surface area contributed by atoms with E-state index in [0.717, 1.165) is 37.3 Å². The van der Waals surface area contributed by atoms with Crippen molar-refractivity contribution < 1.29 is 46.3 Å². The number of aliphatic imine (C=N–C) groups is 1. The average Bonchev–Trinajstić information content (AvgIpc) is 3.41. The molecule has 2 saturated heterocycles. The van der Waals surface area contributed by atoms with Gasteiger partial charge in [0.2, 0.25) is 0 Å². The molecule has 0 saturated carbocycles. The maximum absolute atomic E-state index is 13.2. The lowest BCUT2D eigenvalue weighted by atomic mass is 9.84. The Labute approximate surface area is 261 Å². The summed E-state index contributed by atoms with van der Waals surface area (Å²) in [5.74, 6) is -2.79. The number of nitrogens with one attached hydrogen (secondary N) is 2. The summed E-state index contributed by atoms with van der Waals surface area (Å²) in [6.45, 7) is 3.96. The Balaban J connectivity index is 1.43. The van der Waals surface area contributed by atoms with Crippen LogP contribution in [0.4, 0.5) is 5.13 Å². The van der Waals surface area contributed by atoms with Gasteiger partial charge < -0.3 is 36.8 Å². The predicted molar refractivity (Wildman–Crippen MR) is 160 cm³/mol. The van der Waals surface area contributed by atoms with E-state index in [2.05, 4.69) is 30.0 Å². The van der Waals surface area contributed by atoms with Gasteiger partial charge in [-0.1, -0.05) is 5.16 Å². The quantitative estimate of drug-likeness (QED) is 0.0505. The zero-order valence-electron chi connectivity index (χ0n) is 24.1. The van der Waals surface area contributed by atoms with Crippen molar-refractivity contribution in [2.75, 3.05) is 25.4 Å². The lowest BCUT2D eigenvalue weighted by molar-refractivity contribution is -0.218. The van der Waals surface area contributed by atoms with Gasteiger partial charge in [0.05, 0.1) is 11.6 Å². The molecule has 0 unspecified atom stereocenters. The number of carboxylic acids is 1. The number of hydrogen-bond donors (Lipinski definition) is 6. The van der Waals surface area contributed by atoms with Crippen molar-refractivity contribution in [3.63, 3.8) is 0 Å². The van der Waals surface area contributed by atoms with Crippen LogP contribution in [0.25, 0.3) is 0 Å². The topological polar surface area (TPSA) is 270 Å². The molecule has 8 N–H and O–H groups in total. The first kappa shape index (κ1) is 33.5. The van der Waals surface area contributed by atoms with Crippen LogP contribution in [0.15, 0.2) is 39.8 Å². The number of β-lactam (4-membered cyclic amide) rings is 1. The molecule has 20 heteroatoms. The van der Waals surface area contributed by atoms with E-state index in [1.165, 1.54) is 19.2 Å². The molecule has 2 aromatic rings. The minimum Gasteiger partial charge on any atom is -0.489 e. The summed E-state index contributed by atoms with van der Waals surface area (Å²) in [4.78, 5) is 51.3. The number of ether oxygens (including phenoxy) is 1. The smallest absolute Gasteiger partial charge is 0.418 e. The highest BCUT2D eigenvalue weighted by Crippen LogP contribution is 2.33. The lowest BCUT2D eigenvalue weighted by Gasteiger charge is -2.50. The van der Waals surface area contributed by atoms with E-state index in [0.29, 0.717) is 22.2 Å². The summed E-state index contributed by atoms with van der Waals surface area (Å²) in [5.41, 5.74) is 10.5. The Hall–Kier alpha value is -4.37. The number of piperidine rings is 1. The van der Waals surface area contributed by atoms with Crippen molar-refractivity contribution in [1.82, 2.24) is 20.7 Å². The van der Waals surface area contributed by atoms with E-state index < -0.39 is 58.2 Å². The monoisotopic (exact) mass is 668 g/mol. The first-order chi connectivity index (χ1) is 21.2. The fourth-order valence-corrected chi connectivity index (χ4v) is 5.39. The van der Waals surface area contributed by atoms with Gasteiger partial charge in [0.1, 0.15) is 29.9 Å². The van der Waals surface area contributed by atoms with Crippen molar-refractivity contribution >= 4 is 56.2 Å². The molecule has 45 heavy (non-hydrogen) atoms. The summed E-state index contributed by atoms with van der Waals surface area (Å²) in [6.07, 6.45) is 0.0959. The maximum atomic E-state index is 13.2. The minimum absolute atomic E-state index is 0.0567.